The maximum absolute atomic E-state index is 8.81. The van der Waals surface area contributed by atoms with Gasteiger partial charge in [0.25, 0.3) is 0 Å². The molecule has 0 aliphatic carbocycles. The van der Waals surface area contributed by atoms with Gasteiger partial charge >= 0.3 is 0 Å². The number of benzene rings is 2. The van der Waals surface area contributed by atoms with Gasteiger partial charge in [-0.25, -0.2) is 0 Å². The Kier molecular flexibility index (Phi) is 3.90. The van der Waals surface area contributed by atoms with E-state index in [1.54, 1.807) is 12.1 Å². The molecule has 4 heteroatoms. The first-order valence-electron chi connectivity index (χ1n) is 5.33. The second kappa shape index (κ2) is 5.43. The summed E-state index contributed by atoms with van der Waals surface area (Å²) < 4.78 is 0.833. The molecule has 1 N–H and O–H groups in total. The number of rotatable bonds is 2. The van der Waals surface area contributed by atoms with Crippen LogP contribution in [0.1, 0.15) is 11.1 Å². The fourth-order valence-electron chi connectivity index (χ4n) is 1.57. The fraction of sp³-hybridized carbons (Fsp3) is 0.0714. The van der Waals surface area contributed by atoms with Crippen molar-refractivity contribution in [1.82, 2.24) is 0 Å². The van der Waals surface area contributed by atoms with Crippen LogP contribution in [0.5, 0.6) is 0 Å². The lowest BCUT2D eigenvalue weighted by atomic mass is 10.2. The van der Waals surface area contributed by atoms with Crippen LogP contribution in [0, 0.1) is 18.3 Å². The molecule has 90 valence electrons. The summed E-state index contributed by atoms with van der Waals surface area (Å²) in [7, 11) is 0. The summed E-state index contributed by atoms with van der Waals surface area (Å²) in [6, 6.07) is 13.3. The van der Waals surface area contributed by atoms with Crippen molar-refractivity contribution in [2.45, 2.75) is 6.92 Å². The normalized spacial score (nSPS) is 9.89. The van der Waals surface area contributed by atoms with Crippen LogP contribution in [-0.2, 0) is 0 Å². The summed E-state index contributed by atoms with van der Waals surface area (Å²) in [4.78, 5) is 0. The highest BCUT2D eigenvalue weighted by Gasteiger charge is 2.05. The van der Waals surface area contributed by atoms with E-state index in [9.17, 15) is 0 Å². The first-order valence-corrected chi connectivity index (χ1v) is 6.50. The summed E-state index contributed by atoms with van der Waals surface area (Å²) in [5.74, 6) is 0. The predicted octanol–water partition coefficient (Wildman–Crippen LogP) is 5.03. The molecule has 18 heavy (non-hydrogen) atoms. The van der Waals surface area contributed by atoms with Gasteiger partial charge in [-0.15, -0.1) is 0 Å². The SMILES string of the molecule is Cc1ccc(Cl)c(Nc2ccc(C#N)cc2Br)c1. The summed E-state index contributed by atoms with van der Waals surface area (Å²) in [5.41, 5.74) is 3.47. The van der Waals surface area contributed by atoms with Crippen LogP contribution in [0.4, 0.5) is 11.4 Å². The van der Waals surface area contributed by atoms with Crippen molar-refractivity contribution < 1.29 is 0 Å². The Morgan fingerprint density at radius 1 is 1.17 bits per heavy atom. The molecule has 0 fully saturated rings. The van der Waals surface area contributed by atoms with E-state index in [0.29, 0.717) is 10.6 Å². The molecule has 0 aliphatic rings. The molecule has 0 bridgehead atoms. The lowest BCUT2D eigenvalue weighted by Crippen LogP contribution is -1.93. The Labute approximate surface area is 119 Å². The predicted molar refractivity (Wildman–Crippen MR) is 78.3 cm³/mol. The number of anilines is 2. The number of nitrogens with one attached hydrogen (secondary N) is 1. The summed E-state index contributed by atoms with van der Waals surface area (Å²) >= 11 is 9.56. The van der Waals surface area contributed by atoms with Crippen LogP contribution in [0.15, 0.2) is 40.9 Å². The molecule has 2 nitrogen and oxygen atoms in total. The van der Waals surface area contributed by atoms with Crippen molar-refractivity contribution in [2.75, 3.05) is 5.32 Å². The number of hydrogen-bond acceptors (Lipinski definition) is 2. The van der Waals surface area contributed by atoms with Crippen molar-refractivity contribution in [3.05, 3.63) is 57.0 Å². The van der Waals surface area contributed by atoms with Gasteiger partial charge in [-0.3, -0.25) is 0 Å². The van der Waals surface area contributed by atoms with Gasteiger partial charge in [0.2, 0.25) is 0 Å². The van der Waals surface area contributed by atoms with E-state index in [2.05, 4.69) is 27.3 Å². The molecule has 0 unspecified atom stereocenters. The summed E-state index contributed by atoms with van der Waals surface area (Å²) in [6.07, 6.45) is 0. The minimum atomic E-state index is 0.614. The van der Waals surface area contributed by atoms with E-state index in [0.717, 1.165) is 21.4 Å². The highest BCUT2D eigenvalue weighted by atomic mass is 79.9. The zero-order valence-electron chi connectivity index (χ0n) is 9.67. The van der Waals surface area contributed by atoms with Crippen LogP contribution in [0.3, 0.4) is 0 Å². The van der Waals surface area contributed by atoms with Gasteiger partial charge in [-0.05, 0) is 58.7 Å². The number of nitrogens with zero attached hydrogens (tertiary/aromatic N) is 1. The Balaban J connectivity index is 2.34. The molecule has 0 heterocycles. The average molecular weight is 322 g/mol. The van der Waals surface area contributed by atoms with Crippen molar-refractivity contribution >= 4 is 38.9 Å². The zero-order chi connectivity index (χ0) is 13.1. The maximum Gasteiger partial charge on any atom is 0.0992 e. The molecular weight excluding hydrogens is 312 g/mol. The molecule has 0 saturated carbocycles. The Morgan fingerprint density at radius 2 is 1.94 bits per heavy atom. The van der Waals surface area contributed by atoms with Crippen LogP contribution >= 0.6 is 27.5 Å². The minimum absolute atomic E-state index is 0.614. The third-order valence-electron chi connectivity index (χ3n) is 2.49. The van der Waals surface area contributed by atoms with Crippen molar-refractivity contribution in [3.8, 4) is 6.07 Å². The van der Waals surface area contributed by atoms with E-state index >= 15 is 0 Å². The standard InChI is InChI=1S/C14H10BrClN2/c1-9-2-4-12(16)14(6-9)18-13-5-3-10(8-17)7-11(13)15/h2-7,18H,1H3. The number of nitriles is 1. The second-order valence-corrected chi connectivity index (χ2v) is 5.18. The van der Waals surface area contributed by atoms with Gasteiger partial charge in [0.1, 0.15) is 0 Å². The lowest BCUT2D eigenvalue weighted by molar-refractivity contribution is 1.43. The van der Waals surface area contributed by atoms with Gasteiger partial charge in [-0.1, -0.05) is 17.7 Å². The molecular formula is C14H10BrClN2. The summed E-state index contributed by atoms with van der Waals surface area (Å²) in [5, 5.41) is 12.7. The Bertz CT molecular complexity index is 632. The van der Waals surface area contributed by atoms with E-state index in [-0.39, 0.29) is 0 Å². The van der Waals surface area contributed by atoms with E-state index in [4.69, 9.17) is 16.9 Å². The average Bonchev–Trinajstić information content (AvgIpc) is 2.36. The molecule has 0 aliphatic heterocycles. The third kappa shape index (κ3) is 2.84. The minimum Gasteiger partial charge on any atom is -0.353 e. The molecule has 0 spiro atoms. The zero-order valence-corrected chi connectivity index (χ0v) is 12.0. The number of hydrogen-bond donors (Lipinski definition) is 1. The van der Waals surface area contributed by atoms with Crippen molar-refractivity contribution in [3.63, 3.8) is 0 Å². The molecule has 0 radical (unpaired) electrons. The molecule has 0 amide bonds. The van der Waals surface area contributed by atoms with Gasteiger partial charge in [-0.2, -0.15) is 5.26 Å². The third-order valence-corrected chi connectivity index (χ3v) is 3.48. The Morgan fingerprint density at radius 3 is 2.61 bits per heavy atom. The fourth-order valence-corrected chi connectivity index (χ4v) is 2.21. The molecule has 0 aromatic heterocycles. The second-order valence-electron chi connectivity index (χ2n) is 3.91. The number of halogens is 2. The van der Waals surface area contributed by atoms with Gasteiger partial charge in [0.15, 0.2) is 0 Å². The van der Waals surface area contributed by atoms with Crippen LogP contribution in [-0.4, -0.2) is 0 Å². The molecule has 2 rings (SSSR count). The van der Waals surface area contributed by atoms with Gasteiger partial charge in [0, 0.05) is 4.47 Å². The highest BCUT2D eigenvalue weighted by Crippen LogP contribution is 2.30. The smallest absolute Gasteiger partial charge is 0.0992 e. The lowest BCUT2D eigenvalue weighted by Gasteiger charge is -2.11. The summed E-state index contributed by atoms with van der Waals surface area (Å²) in [6.45, 7) is 2.01. The molecule has 2 aromatic rings. The quantitative estimate of drug-likeness (QED) is 0.842. The first kappa shape index (κ1) is 12.9. The topological polar surface area (TPSA) is 35.8 Å². The van der Waals surface area contributed by atoms with Crippen LogP contribution in [0.25, 0.3) is 0 Å². The molecule has 2 aromatic carbocycles. The largest absolute Gasteiger partial charge is 0.353 e. The molecule has 0 saturated heterocycles. The monoisotopic (exact) mass is 320 g/mol. The van der Waals surface area contributed by atoms with E-state index in [1.165, 1.54) is 0 Å². The van der Waals surface area contributed by atoms with Gasteiger partial charge < -0.3 is 5.32 Å². The Hall–Kier alpha value is -1.50. The first-order chi connectivity index (χ1) is 8.60. The maximum atomic E-state index is 8.81. The number of aryl methyl sites for hydroxylation is 1. The van der Waals surface area contributed by atoms with Crippen LogP contribution in [0.2, 0.25) is 5.02 Å². The highest BCUT2D eigenvalue weighted by molar-refractivity contribution is 9.10. The van der Waals surface area contributed by atoms with Crippen LogP contribution < -0.4 is 5.32 Å². The van der Waals surface area contributed by atoms with Crippen molar-refractivity contribution in [2.24, 2.45) is 0 Å². The van der Waals surface area contributed by atoms with E-state index in [1.807, 2.05) is 31.2 Å². The van der Waals surface area contributed by atoms with E-state index < -0.39 is 0 Å². The molecule has 0 atom stereocenters. The van der Waals surface area contributed by atoms with Crippen molar-refractivity contribution in [1.29, 1.82) is 5.26 Å². The van der Waals surface area contributed by atoms with Gasteiger partial charge in [0.05, 0.1) is 28.0 Å².